The molecule has 2 aliphatic heterocycles. The molecule has 6 nitrogen and oxygen atoms in total. The number of hydrogen-bond donors (Lipinski definition) is 1. The maximum atomic E-state index is 13.3. The second-order valence-corrected chi connectivity index (χ2v) is 8.07. The summed E-state index contributed by atoms with van der Waals surface area (Å²) in [5, 5.41) is 14.1. The van der Waals surface area contributed by atoms with E-state index in [1.807, 2.05) is 27.8 Å². The van der Waals surface area contributed by atoms with E-state index in [2.05, 4.69) is 30.9 Å². The number of aromatic nitrogens is 2. The van der Waals surface area contributed by atoms with Crippen LogP contribution in [-0.4, -0.2) is 62.4 Å². The predicted octanol–water partition coefficient (Wildman–Crippen LogP) is 2.44. The summed E-state index contributed by atoms with van der Waals surface area (Å²) in [6.45, 7) is 7.11. The lowest BCUT2D eigenvalue weighted by Gasteiger charge is -2.44. The van der Waals surface area contributed by atoms with Gasteiger partial charge in [0.05, 0.1) is 18.0 Å². The fourth-order valence-electron chi connectivity index (χ4n) is 5.00. The van der Waals surface area contributed by atoms with E-state index in [0.29, 0.717) is 6.54 Å². The Morgan fingerprint density at radius 2 is 1.82 bits per heavy atom. The molecular weight excluding hydrogens is 352 g/mol. The molecule has 1 N–H and O–H groups in total. The van der Waals surface area contributed by atoms with Crippen LogP contribution in [0.4, 0.5) is 0 Å². The normalized spacial score (nSPS) is 23.1. The SMILES string of the molecule is Cc1nn(-c2ccccc2)c(C)c1CN1CCCC12CCCN(CCO)C2=O. The van der Waals surface area contributed by atoms with Crippen molar-refractivity contribution >= 4 is 5.91 Å². The Morgan fingerprint density at radius 3 is 2.54 bits per heavy atom. The third-order valence-electron chi connectivity index (χ3n) is 6.49. The summed E-state index contributed by atoms with van der Waals surface area (Å²) in [6.07, 6.45) is 3.88. The molecule has 1 spiro atoms. The van der Waals surface area contributed by atoms with E-state index >= 15 is 0 Å². The second kappa shape index (κ2) is 7.68. The molecule has 2 saturated heterocycles. The molecule has 3 heterocycles. The van der Waals surface area contributed by atoms with Gasteiger partial charge < -0.3 is 10.0 Å². The standard InChI is InChI=1S/C22H30N4O2/c1-17-20(18(2)26(23-17)19-8-4-3-5-9-19)16-25-13-7-11-22(25)10-6-12-24(14-15-27)21(22)28/h3-5,8-9,27H,6-7,10-16H2,1-2H3. The lowest BCUT2D eigenvalue weighted by Crippen LogP contribution is -2.60. The van der Waals surface area contributed by atoms with Crippen molar-refractivity contribution in [3.05, 3.63) is 47.3 Å². The number of aliphatic hydroxyl groups excluding tert-OH is 1. The van der Waals surface area contributed by atoms with Gasteiger partial charge in [-0.05, 0) is 58.2 Å². The van der Waals surface area contributed by atoms with Gasteiger partial charge in [-0.3, -0.25) is 9.69 Å². The van der Waals surface area contributed by atoms with E-state index in [4.69, 9.17) is 5.10 Å². The zero-order chi connectivity index (χ0) is 19.7. The third-order valence-corrected chi connectivity index (χ3v) is 6.49. The van der Waals surface area contributed by atoms with E-state index in [-0.39, 0.29) is 12.5 Å². The number of amides is 1. The molecule has 4 rings (SSSR count). The number of benzene rings is 1. The Labute approximate surface area is 166 Å². The predicted molar refractivity (Wildman–Crippen MR) is 108 cm³/mol. The Bertz CT molecular complexity index is 846. The van der Waals surface area contributed by atoms with Crippen LogP contribution in [0.1, 0.15) is 42.6 Å². The first-order valence-corrected chi connectivity index (χ1v) is 10.3. The molecule has 2 aromatic rings. The van der Waals surface area contributed by atoms with Crippen molar-refractivity contribution in [2.24, 2.45) is 0 Å². The fourth-order valence-corrected chi connectivity index (χ4v) is 5.00. The van der Waals surface area contributed by atoms with Crippen LogP contribution in [-0.2, 0) is 11.3 Å². The average Bonchev–Trinajstić information content (AvgIpc) is 3.23. The number of aryl methyl sites for hydroxylation is 1. The van der Waals surface area contributed by atoms with Crippen LogP contribution in [0.5, 0.6) is 0 Å². The van der Waals surface area contributed by atoms with Crippen LogP contribution in [0.15, 0.2) is 30.3 Å². The number of aliphatic hydroxyl groups is 1. The molecule has 150 valence electrons. The first kappa shape index (κ1) is 19.2. The highest BCUT2D eigenvalue weighted by Crippen LogP contribution is 2.39. The van der Waals surface area contributed by atoms with E-state index in [0.717, 1.165) is 62.4 Å². The minimum Gasteiger partial charge on any atom is -0.395 e. The Morgan fingerprint density at radius 1 is 1.11 bits per heavy atom. The highest BCUT2D eigenvalue weighted by molar-refractivity contribution is 5.87. The molecule has 0 saturated carbocycles. The zero-order valence-corrected chi connectivity index (χ0v) is 16.9. The number of β-amino-alcohol motifs (C(OH)–C–C–N with tert-alkyl or cyclic N) is 1. The minimum absolute atomic E-state index is 0.0316. The number of hydrogen-bond acceptors (Lipinski definition) is 4. The van der Waals surface area contributed by atoms with Crippen LogP contribution in [0, 0.1) is 13.8 Å². The van der Waals surface area contributed by atoms with Gasteiger partial charge in [0, 0.05) is 30.9 Å². The van der Waals surface area contributed by atoms with Crippen molar-refractivity contribution in [3.8, 4) is 5.69 Å². The lowest BCUT2D eigenvalue weighted by atomic mass is 9.85. The summed E-state index contributed by atoms with van der Waals surface area (Å²) < 4.78 is 2.01. The van der Waals surface area contributed by atoms with Gasteiger partial charge in [0.25, 0.3) is 0 Å². The minimum atomic E-state index is -0.402. The summed E-state index contributed by atoms with van der Waals surface area (Å²) in [7, 11) is 0. The van der Waals surface area contributed by atoms with E-state index < -0.39 is 5.54 Å². The summed E-state index contributed by atoms with van der Waals surface area (Å²) in [6, 6.07) is 10.2. The molecule has 1 aromatic carbocycles. The van der Waals surface area contributed by atoms with Crippen molar-refractivity contribution in [2.45, 2.75) is 51.6 Å². The average molecular weight is 383 g/mol. The lowest BCUT2D eigenvalue weighted by molar-refractivity contribution is -0.148. The van der Waals surface area contributed by atoms with E-state index in [9.17, 15) is 9.90 Å². The van der Waals surface area contributed by atoms with Crippen molar-refractivity contribution in [1.29, 1.82) is 0 Å². The molecule has 1 unspecified atom stereocenters. The topological polar surface area (TPSA) is 61.6 Å². The second-order valence-electron chi connectivity index (χ2n) is 8.07. The van der Waals surface area contributed by atoms with Crippen molar-refractivity contribution < 1.29 is 9.90 Å². The fraction of sp³-hybridized carbons (Fsp3) is 0.545. The first-order valence-electron chi connectivity index (χ1n) is 10.3. The van der Waals surface area contributed by atoms with Gasteiger partial charge in [-0.2, -0.15) is 5.10 Å². The summed E-state index contributed by atoms with van der Waals surface area (Å²) in [5.74, 6) is 0.205. The van der Waals surface area contributed by atoms with Gasteiger partial charge in [-0.1, -0.05) is 18.2 Å². The zero-order valence-electron chi connectivity index (χ0n) is 16.9. The summed E-state index contributed by atoms with van der Waals surface area (Å²) >= 11 is 0. The summed E-state index contributed by atoms with van der Waals surface area (Å²) in [5.41, 5.74) is 4.05. The van der Waals surface area contributed by atoms with Crippen LogP contribution >= 0.6 is 0 Å². The van der Waals surface area contributed by atoms with E-state index in [1.54, 1.807) is 0 Å². The smallest absolute Gasteiger partial charge is 0.243 e. The molecule has 1 atom stereocenters. The molecule has 0 radical (unpaired) electrons. The molecule has 2 fully saturated rings. The number of carbonyl (C=O) groups is 1. The number of para-hydroxylation sites is 1. The number of rotatable bonds is 5. The van der Waals surface area contributed by atoms with Crippen LogP contribution in [0.25, 0.3) is 5.69 Å². The molecule has 0 bridgehead atoms. The Kier molecular flexibility index (Phi) is 5.25. The molecule has 2 aliphatic rings. The van der Waals surface area contributed by atoms with E-state index in [1.165, 1.54) is 5.56 Å². The van der Waals surface area contributed by atoms with Gasteiger partial charge in [0.1, 0.15) is 5.54 Å². The maximum absolute atomic E-state index is 13.3. The molecule has 6 heteroatoms. The van der Waals surface area contributed by atoms with Crippen LogP contribution in [0.3, 0.4) is 0 Å². The number of likely N-dealkylation sites (tertiary alicyclic amines) is 2. The Hall–Kier alpha value is -2.18. The van der Waals surface area contributed by atoms with Crippen LogP contribution < -0.4 is 0 Å². The number of carbonyl (C=O) groups excluding carboxylic acids is 1. The third kappa shape index (κ3) is 3.14. The van der Waals surface area contributed by atoms with Gasteiger partial charge in [-0.25, -0.2) is 4.68 Å². The van der Waals surface area contributed by atoms with Gasteiger partial charge in [0.15, 0.2) is 0 Å². The number of piperidine rings is 1. The van der Waals surface area contributed by atoms with Gasteiger partial charge in [-0.15, -0.1) is 0 Å². The Balaban J connectivity index is 1.62. The molecular formula is C22H30N4O2. The number of nitrogens with zero attached hydrogens (tertiary/aromatic N) is 4. The van der Waals surface area contributed by atoms with Gasteiger partial charge in [0.2, 0.25) is 5.91 Å². The highest BCUT2D eigenvalue weighted by Gasteiger charge is 2.50. The largest absolute Gasteiger partial charge is 0.395 e. The quantitative estimate of drug-likeness (QED) is 0.863. The van der Waals surface area contributed by atoms with Crippen LogP contribution in [0.2, 0.25) is 0 Å². The molecule has 28 heavy (non-hydrogen) atoms. The highest BCUT2D eigenvalue weighted by atomic mass is 16.3. The maximum Gasteiger partial charge on any atom is 0.243 e. The molecule has 0 aliphatic carbocycles. The molecule has 1 aromatic heterocycles. The first-order chi connectivity index (χ1) is 13.6. The van der Waals surface area contributed by atoms with Crippen molar-refractivity contribution in [2.75, 3.05) is 26.2 Å². The van der Waals surface area contributed by atoms with Gasteiger partial charge >= 0.3 is 0 Å². The summed E-state index contributed by atoms with van der Waals surface area (Å²) in [4.78, 5) is 17.5. The van der Waals surface area contributed by atoms with Crippen molar-refractivity contribution in [3.63, 3.8) is 0 Å². The monoisotopic (exact) mass is 382 g/mol. The molecule has 1 amide bonds. The van der Waals surface area contributed by atoms with Crippen molar-refractivity contribution in [1.82, 2.24) is 19.6 Å².